The minimum atomic E-state index is -1.49. The highest BCUT2D eigenvalue weighted by atomic mass is 28.3. The van der Waals surface area contributed by atoms with Crippen LogP contribution in [0.4, 0.5) is 0 Å². The molecule has 3 heteroatoms. The fraction of sp³-hybridized carbons (Fsp3) is 0.333. The molecule has 2 nitrogen and oxygen atoms in total. The van der Waals surface area contributed by atoms with Crippen molar-refractivity contribution < 1.29 is 8.84 Å². The molecule has 0 aliphatic rings. The molecule has 0 fully saturated rings. The minimum Gasteiger partial charge on any atom is -0.467 e. The molecule has 0 aliphatic heterocycles. The highest BCUT2D eigenvalue weighted by Crippen LogP contribution is 2.28. The van der Waals surface area contributed by atoms with Gasteiger partial charge in [-0.3, -0.25) is 0 Å². The van der Waals surface area contributed by atoms with E-state index in [-0.39, 0.29) is 5.04 Å². The molecule has 1 atom stereocenters. The molecule has 0 aliphatic carbocycles. The van der Waals surface area contributed by atoms with Crippen LogP contribution in [0.25, 0.3) is 0 Å². The van der Waals surface area contributed by atoms with Gasteiger partial charge in [0.05, 0.1) is 12.9 Å². The maximum absolute atomic E-state index is 6.18. The fourth-order valence-corrected chi connectivity index (χ4v) is 4.63. The smallest absolute Gasteiger partial charge is 0.214 e. The molecule has 0 N–H and O–H groups in total. The zero-order valence-electron chi connectivity index (χ0n) is 11.2. The van der Waals surface area contributed by atoms with E-state index >= 15 is 0 Å². The lowest BCUT2D eigenvalue weighted by atomic mass is 10.2. The lowest BCUT2D eigenvalue weighted by Crippen LogP contribution is -2.41. The van der Waals surface area contributed by atoms with Gasteiger partial charge in [-0.1, -0.05) is 51.1 Å². The topological polar surface area (TPSA) is 22.4 Å². The summed E-state index contributed by atoms with van der Waals surface area (Å²) in [6.07, 6.45) is 1.69. The van der Waals surface area contributed by atoms with Crippen LogP contribution >= 0.6 is 0 Å². The SMILES string of the molecule is CC(C)(C)[Si@H](OCc1ccco1)c1ccccc1. The van der Waals surface area contributed by atoms with E-state index in [9.17, 15) is 0 Å². The van der Waals surface area contributed by atoms with Crippen molar-refractivity contribution >= 4 is 14.2 Å². The van der Waals surface area contributed by atoms with Crippen molar-refractivity contribution in [1.82, 2.24) is 0 Å². The Morgan fingerprint density at radius 1 is 1.06 bits per heavy atom. The second-order valence-electron chi connectivity index (χ2n) is 5.55. The molecule has 2 rings (SSSR count). The zero-order chi connectivity index (χ0) is 13.0. The molecule has 0 amide bonds. The lowest BCUT2D eigenvalue weighted by molar-refractivity contribution is 0.264. The second kappa shape index (κ2) is 5.55. The van der Waals surface area contributed by atoms with Gasteiger partial charge < -0.3 is 8.84 Å². The summed E-state index contributed by atoms with van der Waals surface area (Å²) in [6.45, 7) is 7.31. The highest BCUT2D eigenvalue weighted by molar-refractivity contribution is 6.70. The van der Waals surface area contributed by atoms with Gasteiger partial charge in [0.1, 0.15) is 5.76 Å². The van der Waals surface area contributed by atoms with Crippen molar-refractivity contribution in [1.29, 1.82) is 0 Å². The summed E-state index contributed by atoms with van der Waals surface area (Å²) in [5.41, 5.74) is 0. The Hall–Kier alpha value is -1.32. The van der Waals surface area contributed by atoms with Gasteiger partial charge in [0.2, 0.25) is 9.04 Å². The second-order valence-corrected chi connectivity index (χ2v) is 9.04. The Bertz CT molecular complexity index is 457. The number of rotatable bonds is 4. The first-order valence-electron chi connectivity index (χ1n) is 6.26. The van der Waals surface area contributed by atoms with Gasteiger partial charge in [0.25, 0.3) is 0 Å². The summed E-state index contributed by atoms with van der Waals surface area (Å²) >= 11 is 0. The van der Waals surface area contributed by atoms with Crippen molar-refractivity contribution in [3.05, 3.63) is 54.5 Å². The van der Waals surface area contributed by atoms with Crippen LogP contribution in [-0.4, -0.2) is 9.04 Å². The van der Waals surface area contributed by atoms with Crippen LogP contribution in [0.2, 0.25) is 5.04 Å². The first kappa shape index (κ1) is 13.1. The third kappa shape index (κ3) is 3.34. The van der Waals surface area contributed by atoms with Gasteiger partial charge >= 0.3 is 0 Å². The van der Waals surface area contributed by atoms with Gasteiger partial charge in [-0.15, -0.1) is 0 Å². The van der Waals surface area contributed by atoms with Gasteiger partial charge in [-0.05, 0) is 22.4 Å². The zero-order valence-corrected chi connectivity index (χ0v) is 12.4. The van der Waals surface area contributed by atoms with Crippen LogP contribution in [0.5, 0.6) is 0 Å². The summed E-state index contributed by atoms with van der Waals surface area (Å²) in [4.78, 5) is 0. The van der Waals surface area contributed by atoms with E-state index < -0.39 is 9.04 Å². The van der Waals surface area contributed by atoms with Gasteiger partial charge in [-0.2, -0.15) is 0 Å². The fourth-order valence-electron chi connectivity index (χ4n) is 2.03. The standard InChI is InChI=1S/C15H20O2Si/c1-15(2,3)18(14-9-5-4-6-10-14)17-12-13-8-7-11-16-13/h4-11,18H,12H2,1-3H3/t18-/m1/s1. The predicted molar refractivity (Wildman–Crippen MR) is 76.4 cm³/mol. The van der Waals surface area contributed by atoms with E-state index in [1.165, 1.54) is 5.19 Å². The first-order chi connectivity index (χ1) is 8.57. The predicted octanol–water partition coefficient (Wildman–Crippen LogP) is 3.23. The van der Waals surface area contributed by atoms with E-state index in [1.54, 1.807) is 6.26 Å². The molecule has 1 aromatic carbocycles. The Balaban J connectivity index is 2.12. The third-order valence-corrected chi connectivity index (χ3v) is 5.92. The van der Waals surface area contributed by atoms with Crippen molar-refractivity contribution in [2.24, 2.45) is 0 Å². The molecule has 0 radical (unpaired) electrons. The number of hydrogen-bond donors (Lipinski definition) is 0. The Morgan fingerprint density at radius 3 is 2.33 bits per heavy atom. The molecule has 0 saturated carbocycles. The van der Waals surface area contributed by atoms with Crippen LogP contribution in [0.3, 0.4) is 0 Å². The van der Waals surface area contributed by atoms with Gasteiger partial charge in [-0.25, -0.2) is 0 Å². The number of furan rings is 1. The monoisotopic (exact) mass is 260 g/mol. The molecule has 96 valence electrons. The summed E-state index contributed by atoms with van der Waals surface area (Å²) in [5, 5.41) is 1.53. The van der Waals surface area contributed by atoms with E-state index in [0.29, 0.717) is 6.61 Å². The van der Waals surface area contributed by atoms with Crippen molar-refractivity contribution in [3.8, 4) is 0 Å². The summed E-state index contributed by atoms with van der Waals surface area (Å²) < 4.78 is 11.5. The van der Waals surface area contributed by atoms with Crippen molar-refractivity contribution in [3.63, 3.8) is 0 Å². The van der Waals surface area contributed by atoms with E-state index in [1.807, 2.05) is 18.2 Å². The van der Waals surface area contributed by atoms with E-state index in [4.69, 9.17) is 8.84 Å². The maximum Gasteiger partial charge on any atom is 0.214 e. The maximum atomic E-state index is 6.18. The number of benzene rings is 1. The highest BCUT2D eigenvalue weighted by Gasteiger charge is 2.29. The molecular formula is C15H20O2Si. The van der Waals surface area contributed by atoms with Crippen LogP contribution < -0.4 is 5.19 Å². The molecule has 18 heavy (non-hydrogen) atoms. The van der Waals surface area contributed by atoms with Crippen LogP contribution in [-0.2, 0) is 11.0 Å². The van der Waals surface area contributed by atoms with Crippen molar-refractivity contribution in [2.75, 3.05) is 0 Å². The Kier molecular flexibility index (Phi) is 4.04. The van der Waals surface area contributed by atoms with Crippen LogP contribution in [0.15, 0.2) is 53.1 Å². The molecule has 2 aromatic rings. The Labute approximate surface area is 110 Å². The quantitative estimate of drug-likeness (QED) is 0.788. The molecule has 0 unspecified atom stereocenters. The average molecular weight is 260 g/mol. The molecular weight excluding hydrogens is 240 g/mol. The van der Waals surface area contributed by atoms with Crippen LogP contribution in [0.1, 0.15) is 26.5 Å². The third-order valence-electron chi connectivity index (χ3n) is 2.86. The number of hydrogen-bond acceptors (Lipinski definition) is 2. The van der Waals surface area contributed by atoms with E-state index in [2.05, 4.69) is 45.0 Å². The first-order valence-corrected chi connectivity index (χ1v) is 7.89. The van der Waals surface area contributed by atoms with E-state index in [0.717, 1.165) is 5.76 Å². The lowest BCUT2D eigenvalue weighted by Gasteiger charge is -2.29. The molecule has 0 bridgehead atoms. The van der Waals surface area contributed by atoms with Crippen LogP contribution in [0, 0.1) is 0 Å². The average Bonchev–Trinajstić information content (AvgIpc) is 2.82. The molecule has 0 saturated heterocycles. The minimum absolute atomic E-state index is 0.188. The normalized spacial score (nSPS) is 13.5. The molecule has 0 spiro atoms. The molecule has 1 heterocycles. The van der Waals surface area contributed by atoms with Gasteiger partial charge in [0.15, 0.2) is 0 Å². The molecule has 1 aromatic heterocycles. The van der Waals surface area contributed by atoms with Gasteiger partial charge in [0, 0.05) is 0 Å². The summed E-state index contributed by atoms with van der Waals surface area (Å²) in [7, 11) is -1.49. The van der Waals surface area contributed by atoms with Crippen molar-refractivity contribution in [2.45, 2.75) is 32.4 Å². The Morgan fingerprint density at radius 2 is 1.78 bits per heavy atom. The summed E-state index contributed by atoms with van der Waals surface area (Å²) in [6, 6.07) is 14.4. The summed E-state index contributed by atoms with van der Waals surface area (Å²) in [5.74, 6) is 0.896. The largest absolute Gasteiger partial charge is 0.467 e.